The molecule has 0 bridgehead atoms. The number of rotatable bonds is 2. The molecule has 0 saturated carbocycles. The van der Waals surface area contributed by atoms with Crippen molar-refractivity contribution in [1.29, 1.82) is 0 Å². The van der Waals surface area contributed by atoms with Crippen LogP contribution in [0, 0.1) is 0 Å². The van der Waals surface area contributed by atoms with Crippen molar-refractivity contribution in [2.24, 2.45) is 7.05 Å². The Bertz CT molecular complexity index is 397. The van der Waals surface area contributed by atoms with E-state index in [1.54, 1.807) is 4.68 Å². The minimum absolute atomic E-state index is 0.0218. The number of carbonyl (C=O) groups excluding carboxylic acids is 1. The van der Waals surface area contributed by atoms with Crippen molar-refractivity contribution >= 4 is 5.91 Å². The van der Waals surface area contributed by atoms with Crippen LogP contribution in [-0.4, -0.2) is 27.1 Å². The Balaban J connectivity index is 2.22. The molecule has 0 spiro atoms. The highest BCUT2D eigenvalue weighted by molar-refractivity contribution is 5.87. The van der Waals surface area contributed by atoms with Crippen molar-refractivity contribution in [1.82, 2.24) is 14.7 Å². The number of likely N-dealkylation sites (tertiary alicyclic amines) is 1. The quantitative estimate of drug-likeness (QED) is 0.709. The van der Waals surface area contributed by atoms with Gasteiger partial charge in [0, 0.05) is 25.4 Å². The summed E-state index contributed by atoms with van der Waals surface area (Å²) >= 11 is 0. The van der Waals surface area contributed by atoms with E-state index in [0.29, 0.717) is 0 Å². The number of piperidine rings is 1. The minimum atomic E-state index is 0.0218. The lowest BCUT2D eigenvalue weighted by Crippen LogP contribution is -2.37. The van der Waals surface area contributed by atoms with Crippen molar-refractivity contribution in [3.8, 4) is 0 Å². The van der Waals surface area contributed by atoms with E-state index in [2.05, 4.69) is 11.7 Å². The molecule has 0 N–H and O–H groups in total. The van der Waals surface area contributed by atoms with Gasteiger partial charge in [-0.2, -0.15) is 5.10 Å². The van der Waals surface area contributed by atoms with Gasteiger partial charge in [-0.25, -0.2) is 0 Å². The first-order chi connectivity index (χ1) is 7.72. The second-order valence-electron chi connectivity index (χ2n) is 4.19. The van der Waals surface area contributed by atoms with E-state index in [0.717, 1.165) is 24.9 Å². The molecule has 16 heavy (non-hydrogen) atoms. The molecule has 2 rings (SSSR count). The van der Waals surface area contributed by atoms with E-state index in [1.165, 1.54) is 12.5 Å². The van der Waals surface area contributed by atoms with Gasteiger partial charge in [-0.15, -0.1) is 0 Å². The van der Waals surface area contributed by atoms with Gasteiger partial charge in [0.25, 0.3) is 0 Å². The molecule has 0 radical (unpaired) electrons. The van der Waals surface area contributed by atoms with Crippen LogP contribution in [0.5, 0.6) is 0 Å². The summed E-state index contributed by atoms with van der Waals surface area (Å²) in [6.45, 7) is 4.38. The average molecular weight is 219 g/mol. The zero-order valence-electron chi connectivity index (χ0n) is 9.59. The fourth-order valence-electron chi connectivity index (χ4n) is 2.27. The zero-order chi connectivity index (χ0) is 11.5. The first kappa shape index (κ1) is 10.9. The van der Waals surface area contributed by atoms with E-state index in [-0.39, 0.29) is 11.9 Å². The molecule has 1 aromatic heterocycles. The molecule has 86 valence electrons. The highest BCUT2D eigenvalue weighted by atomic mass is 16.2. The molecule has 1 unspecified atom stereocenters. The molecule has 0 aliphatic carbocycles. The van der Waals surface area contributed by atoms with Gasteiger partial charge >= 0.3 is 0 Å². The minimum Gasteiger partial charge on any atom is -0.332 e. The maximum absolute atomic E-state index is 11.7. The van der Waals surface area contributed by atoms with E-state index in [4.69, 9.17) is 0 Å². The van der Waals surface area contributed by atoms with Gasteiger partial charge in [0.15, 0.2) is 0 Å². The largest absolute Gasteiger partial charge is 0.332 e. The summed E-state index contributed by atoms with van der Waals surface area (Å²) in [7, 11) is 1.89. The number of hydrogen-bond acceptors (Lipinski definition) is 2. The molecule has 1 aromatic rings. The second-order valence-corrected chi connectivity index (χ2v) is 4.19. The lowest BCUT2D eigenvalue weighted by molar-refractivity contribution is -0.129. The maximum atomic E-state index is 11.7. The molecular formula is C12H17N3O. The van der Waals surface area contributed by atoms with E-state index in [9.17, 15) is 4.79 Å². The van der Waals surface area contributed by atoms with Crippen molar-refractivity contribution in [3.05, 3.63) is 30.6 Å². The lowest BCUT2D eigenvalue weighted by atomic mass is 9.97. The lowest BCUT2D eigenvalue weighted by Gasteiger charge is -2.34. The average Bonchev–Trinajstić information content (AvgIpc) is 2.75. The predicted molar refractivity (Wildman–Crippen MR) is 61.7 cm³/mol. The summed E-state index contributed by atoms with van der Waals surface area (Å²) in [5.41, 5.74) is 1.12. The molecule has 1 atom stereocenters. The third-order valence-electron chi connectivity index (χ3n) is 3.07. The van der Waals surface area contributed by atoms with Gasteiger partial charge in [-0.1, -0.05) is 6.58 Å². The summed E-state index contributed by atoms with van der Waals surface area (Å²) in [6, 6.07) is 0.174. The van der Waals surface area contributed by atoms with Crippen molar-refractivity contribution in [3.63, 3.8) is 0 Å². The number of aromatic nitrogens is 2. The fourth-order valence-corrected chi connectivity index (χ4v) is 2.27. The maximum Gasteiger partial charge on any atom is 0.246 e. The Morgan fingerprint density at radius 2 is 2.44 bits per heavy atom. The van der Waals surface area contributed by atoms with E-state index < -0.39 is 0 Å². The molecule has 2 heterocycles. The van der Waals surface area contributed by atoms with Crippen LogP contribution in [0.3, 0.4) is 0 Å². The number of aryl methyl sites for hydroxylation is 1. The highest BCUT2D eigenvalue weighted by Crippen LogP contribution is 2.30. The molecular weight excluding hydrogens is 202 g/mol. The number of amides is 1. The van der Waals surface area contributed by atoms with E-state index in [1.807, 2.05) is 24.3 Å². The molecule has 1 aliphatic rings. The topological polar surface area (TPSA) is 38.1 Å². The van der Waals surface area contributed by atoms with Gasteiger partial charge < -0.3 is 4.90 Å². The van der Waals surface area contributed by atoms with Crippen LogP contribution < -0.4 is 0 Å². The van der Waals surface area contributed by atoms with Crippen molar-refractivity contribution in [2.75, 3.05) is 6.54 Å². The van der Waals surface area contributed by atoms with Crippen LogP contribution in [0.1, 0.15) is 30.9 Å². The van der Waals surface area contributed by atoms with Crippen LogP contribution in [-0.2, 0) is 11.8 Å². The Hall–Kier alpha value is -1.58. The Morgan fingerprint density at radius 3 is 3.06 bits per heavy atom. The number of nitrogens with zero attached hydrogens (tertiary/aromatic N) is 3. The van der Waals surface area contributed by atoms with Crippen molar-refractivity contribution < 1.29 is 4.79 Å². The van der Waals surface area contributed by atoms with Gasteiger partial charge in [-0.05, 0) is 25.3 Å². The molecule has 1 aliphatic heterocycles. The van der Waals surface area contributed by atoms with Crippen LogP contribution in [0.15, 0.2) is 25.0 Å². The SMILES string of the molecule is C=CC(=O)N1CCCCC1c1cnn(C)c1. The van der Waals surface area contributed by atoms with Crippen molar-refractivity contribution in [2.45, 2.75) is 25.3 Å². The van der Waals surface area contributed by atoms with Crippen LogP contribution in [0.2, 0.25) is 0 Å². The smallest absolute Gasteiger partial charge is 0.246 e. The summed E-state index contributed by atoms with van der Waals surface area (Å²) in [4.78, 5) is 13.6. The fraction of sp³-hybridized carbons (Fsp3) is 0.500. The first-order valence-electron chi connectivity index (χ1n) is 5.64. The van der Waals surface area contributed by atoms with Gasteiger partial charge in [0.1, 0.15) is 0 Å². The molecule has 0 aromatic carbocycles. The third-order valence-corrected chi connectivity index (χ3v) is 3.07. The highest BCUT2D eigenvalue weighted by Gasteiger charge is 2.27. The Kier molecular flexibility index (Phi) is 3.08. The predicted octanol–water partition coefficient (Wildman–Crippen LogP) is 1.66. The molecule has 1 saturated heterocycles. The van der Waals surface area contributed by atoms with Gasteiger partial charge in [0.2, 0.25) is 5.91 Å². The summed E-state index contributed by atoms with van der Waals surface area (Å²) in [5, 5.41) is 4.16. The monoisotopic (exact) mass is 219 g/mol. The van der Waals surface area contributed by atoms with Crippen LogP contribution in [0.25, 0.3) is 0 Å². The normalized spacial score (nSPS) is 20.8. The first-order valence-corrected chi connectivity index (χ1v) is 5.64. The van der Waals surface area contributed by atoms with Gasteiger partial charge in [-0.3, -0.25) is 9.48 Å². The number of hydrogen-bond donors (Lipinski definition) is 0. The Labute approximate surface area is 95.5 Å². The molecule has 1 amide bonds. The third kappa shape index (κ3) is 2.01. The molecule has 4 heteroatoms. The zero-order valence-corrected chi connectivity index (χ0v) is 9.59. The van der Waals surface area contributed by atoms with E-state index >= 15 is 0 Å². The standard InChI is InChI=1S/C12H17N3O/c1-3-12(16)15-7-5-4-6-11(15)10-8-13-14(2)9-10/h3,8-9,11H,1,4-7H2,2H3. The summed E-state index contributed by atoms with van der Waals surface area (Å²) < 4.78 is 1.78. The second kappa shape index (κ2) is 4.51. The van der Waals surface area contributed by atoms with Crippen LogP contribution in [0.4, 0.5) is 0 Å². The number of carbonyl (C=O) groups is 1. The summed E-state index contributed by atoms with van der Waals surface area (Å²) in [5.74, 6) is 0.0218. The summed E-state index contributed by atoms with van der Waals surface area (Å²) in [6.07, 6.45) is 8.50. The van der Waals surface area contributed by atoms with Crippen LogP contribution >= 0.6 is 0 Å². The Morgan fingerprint density at radius 1 is 1.62 bits per heavy atom. The molecule has 1 fully saturated rings. The van der Waals surface area contributed by atoms with Gasteiger partial charge in [0.05, 0.1) is 12.2 Å². The molecule has 4 nitrogen and oxygen atoms in total.